The van der Waals surface area contributed by atoms with Crippen LogP contribution in [0.1, 0.15) is 23.7 Å². The summed E-state index contributed by atoms with van der Waals surface area (Å²) in [7, 11) is 2.11. The maximum atomic E-state index is 12.8. The molecule has 118 valence electrons. The van der Waals surface area contributed by atoms with E-state index in [1.165, 1.54) is 0 Å². The molecule has 2 unspecified atom stereocenters. The topological polar surface area (TPSA) is 88.9 Å². The van der Waals surface area contributed by atoms with Crippen molar-refractivity contribution in [1.82, 2.24) is 4.98 Å². The van der Waals surface area contributed by atoms with Crippen molar-refractivity contribution < 1.29 is 37.7 Å². The molecule has 0 fully saturated rings. The van der Waals surface area contributed by atoms with Crippen LogP contribution in [0.15, 0.2) is 12.3 Å². The molecule has 0 radical (unpaired) electrons. The number of esters is 1. The SMILES string of the molecule is COC(=O)CC(O)C(O)c1cnc(OC)c(C(F)(F)F)c1. The van der Waals surface area contributed by atoms with Crippen molar-refractivity contribution in [3.8, 4) is 5.88 Å². The van der Waals surface area contributed by atoms with E-state index in [9.17, 15) is 28.2 Å². The van der Waals surface area contributed by atoms with Gasteiger partial charge in [-0.3, -0.25) is 4.79 Å². The van der Waals surface area contributed by atoms with Crippen LogP contribution in [0.2, 0.25) is 0 Å². The molecule has 1 rings (SSSR count). The lowest BCUT2D eigenvalue weighted by molar-refractivity contribution is -0.145. The number of rotatable bonds is 5. The molecule has 0 amide bonds. The molecular weight excluding hydrogens is 295 g/mol. The highest BCUT2D eigenvalue weighted by atomic mass is 19.4. The molecule has 9 heteroatoms. The Morgan fingerprint density at radius 3 is 2.48 bits per heavy atom. The Bertz CT molecular complexity index is 506. The molecule has 21 heavy (non-hydrogen) atoms. The van der Waals surface area contributed by atoms with Crippen LogP contribution in [0.4, 0.5) is 13.2 Å². The van der Waals surface area contributed by atoms with Crippen molar-refractivity contribution in [2.24, 2.45) is 0 Å². The first-order chi connectivity index (χ1) is 9.70. The molecule has 0 aromatic carbocycles. The maximum Gasteiger partial charge on any atom is 0.421 e. The number of nitrogens with zero attached hydrogens (tertiary/aromatic N) is 1. The third-order valence-electron chi connectivity index (χ3n) is 2.68. The Morgan fingerprint density at radius 2 is 2.00 bits per heavy atom. The molecule has 2 N–H and O–H groups in total. The zero-order chi connectivity index (χ0) is 16.2. The summed E-state index contributed by atoms with van der Waals surface area (Å²) in [4.78, 5) is 14.4. The van der Waals surface area contributed by atoms with Crippen molar-refractivity contribution in [2.45, 2.75) is 24.8 Å². The predicted octanol–water partition coefficient (Wildman–Crippen LogP) is 1.07. The van der Waals surface area contributed by atoms with E-state index in [0.717, 1.165) is 20.4 Å². The lowest BCUT2D eigenvalue weighted by Gasteiger charge is -2.19. The summed E-state index contributed by atoms with van der Waals surface area (Å²) < 4.78 is 47.2. The highest BCUT2D eigenvalue weighted by molar-refractivity contribution is 5.69. The lowest BCUT2D eigenvalue weighted by Crippen LogP contribution is -2.23. The molecule has 0 saturated carbocycles. The summed E-state index contributed by atoms with van der Waals surface area (Å²) in [6.45, 7) is 0. The summed E-state index contributed by atoms with van der Waals surface area (Å²) in [6, 6.07) is 0.608. The molecule has 0 aliphatic rings. The van der Waals surface area contributed by atoms with Gasteiger partial charge in [-0.25, -0.2) is 4.98 Å². The van der Waals surface area contributed by atoms with E-state index in [-0.39, 0.29) is 5.56 Å². The van der Waals surface area contributed by atoms with Crippen LogP contribution in [0.25, 0.3) is 0 Å². The lowest BCUT2D eigenvalue weighted by atomic mass is 10.0. The van der Waals surface area contributed by atoms with Crippen molar-refractivity contribution in [3.05, 3.63) is 23.4 Å². The van der Waals surface area contributed by atoms with Gasteiger partial charge in [-0.15, -0.1) is 0 Å². The van der Waals surface area contributed by atoms with E-state index in [1.54, 1.807) is 0 Å². The fraction of sp³-hybridized carbons (Fsp3) is 0.500. The van der Waals surface area contributed by atoms with Crippen LogP contribution in [-0.4, -0.2) is 41.5 Å². The number of alkyl halides is 3. The number of methoxy groups -OCH3 is 2. The molecule has 6 nitrogen and oxygen atoms in total. The van der Waals surface area contributed by atoms with E-state index in [1.807, 2.05) is 0 Å². The number of ether oxygens (including phenoxy) is 2. The van der Waals surface area contributed by atoms with Gasteiger partial charge in [0.1, 0.15) is 11.7 Å². The Morgan fingerprint density at radius 1 is 1.38 bits per heavy atom. The van der Waals surface area contributed by atoms with E-state index >= 15 is 0 Å². The van der Waals surface area contributed by atoms with Gasteiger partial charge in [0, 0.05) is 11.8 Å². The van der Waals surface area contributed by atoms with Gasteiger partial charge in [-0.2, -0.15) is 13.2 Å². The van der Waals surface area contributed by atoms with Gasteiger partial charge in [-0.1, -0.05) is 0 Å². The third-order valence-corrected chi connectivity index (χ3v) is 2.68. The molecule has 2 atom stereocenters. The van der Waals surface area contributed by atoms with Gasteiger partial charge in [0.05, 0.1) is 26.7 Å². The summed E-state index contributed by atoms with van der Waals surface area (Å²) in [5, 5.41) is 19.4. The van der Waals surface area contributed by atoms with Gasteiger partial charge < -0.3 is 19.7 Å². The number of carbonyl (C=O) groups excluding carboxylic acids is 1. The molecule has 1 heterocycles. The molecule has 0 aliphatic heterocycles. The molecular formula is C12H14F3NO5. The zero-order valence-electron chi connectivity index (χ0n) is 11.2. The van der Waals surface area contributed by atoms with Crippen LogP contribution in [0.3, 0.4) is 0 Å². The number of halogens is 3. The number of aliphatic hydroxyl groups is 2. The van der Waals surface area contributed by atoms with Crippen LogP contribution in [0.5, 0.6) is 5.88 Å². The monoisotopic (exact) mass is 309 g/mol. The number of pyridine rings is 1. The standard InChI is InChI=1S/C12H14F3NO5/c1-20-9(18)4-8(17)10(19)6-3-7(12(13,14)15)11(21-2)16-5-6/h3,5,8,10,17,19H,4H2,1-2H3. The van der Waals surface area contributed by atoms with Crippen molar-refractivity contribution >= 4 is 5.97 Å². The molecule has 0 bridgehead atoms. The van der Waals surface area contributed by atoms with Crippen LogP contribution in [0, 0.1) is 0 Å². The smallest absolute Gasteiger partial charge is 0.421 e. The minimum absolute atomic E-state index is 0.292. The second-order valence-corrected chi connectivity index (χ2v) is 4.12. The van der Waals surface area contributed by atoms with Gasteiger partial charge >= 0.3 is 12.1 Å². The van der Waals surface area contributed by atoms with Gasteiger partial charge in [0.25, 0.3) is 0 Å². The minimum Gasteiger partial charge on any atom is -0.481 e. The molecule has 0 saturated heterocycles. The molecule has 0 spiro atoms. The van der Waals surface area contributed by atoms with Gasteiger partial charge in [-0.05, 0) is 6.07 Å². The first-order valence-corrected chi connectivity index (χ1v) is 5.74. The number of hydrogen-bond acceptors (Lipinski definition) is 6. The summed E-state index contributed by atoms with van der Waals surface area (Å²) in [5.74, 6) is -1.46. The average Bonchev–Trinajstić information content (AvgIpc) is 2.44. The Labute approximate surface area is 118 Å². The number of carbonyl (C=O) groups is 1. The van der Waals surface area contributed by atoms with E-state index in [0.29, 0.717) is 6.07 Å². The summed E-state index contributed by atoms with van der Waals surface area (Å²) in [6.07, 6.45) is -7.71. The predicted molar refractivity (Wildman–Crippen MR) is 63.4 cm³/mol. The number of aromatic nitrogens is 1. The number of hydrogen-bond donors (Lipinski definition) is 2. The first-order valence-electron chi connectivity index (χ1n) is 5.74. The second kappa shape index (κ2) is 6.72. The van der Waals surface area contributed by atoms with Crippen molar-refractivity contribution in [1.29, 1.82) is 0 Å². The highest BCUT2D eigenvalue weighted by Gasteiger charge is 2.36. The van der Waals surface area contributed by atoms with Crippen molar-refractivity contribution in [3.63, 3.8) is 0 Å². The Balaban J connectivity index is 3.06. The summed E-state index contributed by atoms with van der Waals surface area (Å²) in [5.41, 5.74) is -1.48. The van der Waals surface area contributed by atoms with Gasteiger partial charge in [0.2, 0.25) is 5.88 Å². The van der Waals surface area contributed by atoms with Gasteiger partial charge in [0.15, 0.2) is 0 Å². The maximum absolute atomic E-state index is 12.8. The van der Waals surface area contributed by atoms with Crippen LogP contribution in [-0.2, 0) is 15.7 Å². The van der Waals surface area contributed by atoms with Crippen LogP contribution >= 0.6 is 0 Å². The van der Waals surface area contributed by atoms with Crippen molar-refractivity contribution in [2.75, 3.05) is 14.2 Å². The third kappa shape index (κ3) is 4.30. The molecule has 1 aromatic heterocycles. The molecule has 0 aliphatic carbocycles. The largest absolute Gasteiger partial charge is 0.481 e. The van der Waals surface area contributed by atoms with E-state index in [2.05, 4.69) is 14.5 Å². The van der Waals surface area contributed by atoms with E-state index < -0.39 is 42.2 Å². The Hall–Kier alpha value is -1.87. The van der Waals surface area contributed by atoms with E-state index in [4.69, 9.17) is 0 Å². The second-order valence-electron chi connectivity index (χ2n) is 4.12. The normalized spacial score (nSPS) is 14.4. The molecule has 1 aromatic rings. The zero-order valence-corrected chi connectivity index (χ0v) is 11.2. The summed E-state index contributed by atoms with van der Waals surface area (Å²) >= 11 is 0. The average molecular weight is 309 g/mol. The van der Waals surface area contributed by atoms with Crippen LogP contribution < -0.4 is 4.74 Å². The Kier molecular flexibility index (Phi) is 5.50. The minimum atomic E-state index is -4.73. The fourth-order valence-electron chi connectivity index (χ4n) is 1.58. The highest BCUT2D eigenvalue weighted by Crippen LogP contribution is 2.36. The fourth-order valence-corrected chi connectivity index (χ4v) is 1.58. The first kappa shape index (κ1) is 17.2. The number of aliphatic hydroxyl groups excluding tert-OH is 2. The quantitative estimate of drug-likeness (QED) is 0.791.